The van der Waals surface area contributed by atoms with Gasteiger partial charge in [-0.15, -0.1) is 0 Å². The van der Waals surface area contributed by atoms with Crippen molar-refractivity contribution in [3.63, 3.8) is 0 Å². The van der Waals surface area contributed by atoms with Crippen molar-refractivity contribution in [2.24, 2.45) is 17.3 Å². The third kappa shape index (κ3) is 2.32. The van der Waals surface area contributed by atoms with E-state index in [4.69, 9.17) is 4.42 Å². The van der Waals surface area contributed by atoms with Crippen molar-refractivity contribution in [2.75, 3.05) is 11.4 Å². The molecule has 3 fully saturated rings. The maximum atomic E-state index is 13.4. The average molecular weight is 387 g/mol. The van der Waals surface area contributed by atoms with Gasteiger partial charge in [-0.1, -0.05) is 6.92 Å². The van der Waals surface area contributed by atoms with Gasteiger partial charge in [0.25, 0.3) is 0 Å². The second-order valence-corrected chi connectivity index (χ2v) is 8.67. The number of pyridine rings is 1. The number of rotatable bonds is 4. The third-order valence-corrected chi connectivity index (χ3v) is 6.73. The summed E-state index contributed by atoms with van der Waals surface area (Å²) in [6.07, 6.45) is 9.77. The van der Waals surface area contributed by atoms with E-state index in [0.717, 1.165) is 18.4 Å². The molecular weight excluding hydrogens is 366 g/mol. The van der Waals surface area contributed by atoms with Gasteiger partial charge in [0.05, 0.1) is 29.6 Å². The summed E-state index contributed by atoms with van der Waals surface area (Å²) in [5, 5.41) is 14.3. The average Bonchev–Trinajstić information content (AvgIpc) is 3.64. The topological polar surface area (TPSA) is 87.9 Å². The fourth-order valence-electron chi connectivity index (χ4n) is 4.79. The zero-order chi connectivity index (χ0) is 19.8. The number of furan rings is 1. The Kier molecular flexibility index (Phi) is 3.29. The van der Waals surface area contributed by atoms with Crippen molar-refractivity contribution in [3.05, 3.63) is 30.7 Å². The van der Waals surface area contributed by atoms with Gasteiger partial charge in [0.15, 0.2) is 5.58 Å². The van der Waals surface area contributed by atoms with Gasteiger partial charge in [0, 0.05) is 30.9 Å². The second kappa shape index (κ2) is 5.69. The lowest BCUT2D eigenvalue weighted by Gasteiger charge is -2.22. The SMILES string of the molecule is C[C@@H]1CN(c2ccnc3cc(-c4cnn(C5CC5)c4)oc23)C(=O)[C@]1(C#N)C1CC1. The molecule has 0 radical (unpaired) electrons. The monoisotopic (exact) mass is 387 g/mol. The molecule has 29 heavy (non-hydrogen) atoms. The Morgan fingerprint density at radius 2 is 2.14 bits per heavy atom. The summed E-state index contributed by atoms with van der Waals surface area (Å²) in [7, 11) is 0. The van der Waals surface area contributed by atoms with E-state index >= 15 is 0 Å². The van der Waals surface area contributed by atoms with E-state index in [2.05, 4.69) is 16.2 Å². The molecule has 0 N–H and O–H groups in total. The predicted molar refractivity (Wildman–Crippen MR) is 106 cm³/mol. The number of hydrogen-bond donors (Lipinski definition) is 0. The van der Waals surface area contributed by atoms with E-state index in [-0.39, 0.29) is 17.7 Å². The quantitative estimate of drug-likeness (QED) is 0.677. The normalized spacial score (nSPS) is 27.0. The van der Waals surface area contributed by atoms with Crippen LogP contribution in [0.25, 0.3) is 22.4 Å². The molecule has 3 aromatic rings. The number of nitrogens with zero attached hydrogens (tertiary/aromatic N) is 5. The van der Waals surface area contributed by atoms with Crippen molar-refractivity contribution in [1.82, 2.24) is 14.8 Å². The summed E-state index contributed by atoms with van der Waals surface area (Å²) in [6, 6.07) is 6.61. The van der Waals surface area contributed by atoms with Gasteiger partial charge in [-0.2, -0.15) is 10.4 Å². The van der Waals surface area contributed by atoms with Gasteiger partial charge >= 0.3 is 0 Å². The minimum absolute atomic E-state index is 0.0121. The van der Waals surface area contributed by atoms with Crippen molar-refractivity contribution in [3.8, 4) is 17.4 Å². The van der Waals surface area contributed by atoms with E-state index in [1.54, 1.807) is 11.1 Å². The molecule has 2 atom stereocenters. The summed E-state index contributed by atoms with van der Waals surface area (Å²) < 4.78 is 8.17. The molecule has 0 spiro atoms. The molecule has 2 aliphatic carbocycles. The van der Waals surface area contributed by atoms with Crippen LogP contribution in [0.2, 0.25) is 0 Å². The molecule has 6 rings (SSSR count). The Hall–Kier alpha value is -3.14. The highest BCUT2D eigenvalue weighted by atomic mass is 16.3. The molecule has 1 aliphatic heterocycles. The van der Waals surface area contributed by atoms with Gasteiger partial charge in [-0.3, -0.25) is 14.5 Å². The first-order chi connectivity index (χ1) is 14.1. The molecule has 3 aromatic heterocycles. The maximum Gasteiger partial charge on any atom is 0.248 e. The zero-order valence-electron chi connectivity index (χ0n) is 16.2. The molecule has 7 nitrogen and oxygen atoms in total. The Balaban J connectivity index is 1.41. The number of carbonyl (C=O) groups is 1. The molecule has 0 aromatic carbocycles. The molecule has 1 saturated heterocycles. The van der Waals surface area contributed by atoms with Crippen LogP contribution in [0.5, 0.6) is 0 Å². The van der Waals surface area contributed by atoms with Crippen LogP contribution in [0, 0.1) is 28.6 Å². The van der Waals surface area contributed by atoms with E-state index in [1.165, 1.54) is 12.8 Å². The molecule has 0 bridgehead atoms. The van der Waals surface area contributed by atoms with Crippen LogP contribution in [0.3, 0.4) is 0 Å². The lowest BCUT2D eigenvalue weighted by molar-refractivity contribution is -0.124. The Morgan fingerprint density at radius 1 is 1.31 bits per heavy atom. The fraction of sp³-hybridized carbons (Fsp3) is 0.455. The third-order valence-electron chi connectivity index (χ3n) is 6.73. The molecule has 146 valence electrons. The molecule has 1 amide bonds. The molecule has 7 heteroatoms. The summed E-state index contributed by atoms with van der Waals surface area (Å²) in [5.74, 6) is 0.766. The van der Waals surface area contributed by atoms with Crippen LogP contribution in [0.1, 0.15) is 38.6 Å². The molecule has 0 unspecified atom stereocenters. The summed E-state index contributed by atoms with van der Waals surface area (Å²) >= 11 is 0. The molecular formula is C22H21N5O2. The highest BCUT2D eigenvalue weighted by Crippen LogP contribution is 2.55. The van der Waals surface area contributed by atoms with E-state index in [0.29, 0.717) is 35.1 Å². The maximum absolute atomic E-state index is 13.4. The standard InChI is InChI=1S/C22H21N5O2/c1-13-10-26(21(28)22(13,12-23)15-2-3-15)18-6-7-24-17-8-19(29-20(17)18)14-9-25-27(11-14)16-4-5-16/h6-9,11,13,15-16H,2-5,10H2,1H3/t13-,22+/m1/s1. The number of anilines is 1. The minimum atomic E-state index is -0.906. The highest BCUT2D eigenvalue weighted by Gasteiger charge is 2.61. The number of amides is 1. The number of nitriles is 1. The van der Waals surface area contributed by atoms with E-state index < -0.39 is 5.41 Å². The first-order valence-corrected chi connectivity index (χ1v) is 10.3. The zero-order valence-corrected chi connectivity index (χ0v) is 16.2. The predicted octanol–water partition coefficient (Wildman–Crippen LogP) is 3.93. The Bertz CT molecular complexity index is 1180. The van der Waals surface area contributed by atoms with E-state index in [9.17, 15) is 10.1 Å². The van der Waals surface area contributed by atoms with Crippen molar-refractivity contribution >= 4 is 22.7 Å². The van der Waals surface area contributed by atoms with Gasteiger partial charge in [-0.05, 0) is 37.7 Å². The van der Waals surface area contributed by atoms with Crippen LogP contribution in [-0.2, 0) is 4.79 Å². The molecule has 2 saturated carbocycles. The lowest BCUT2D eigenvalue weighted by atomic mass is 9.75. The van der Waals surface area contributed by atoms with Crippen LogP contribution in [0.15, 0.2) is 35.1 Å². The van der Waals surface area contributed by atoms with Gasteiger partial charge in [0.2, 0.25) is 5.91 Å². The van der Waals surface area contributed by atoms with Crippen LogP contribution in [0.4, 0.5) is 5.69 Å². The minimum Gasteiger partial charge on any atom is -0.452 e. The van der Waals surface area contributed by atoms with Crippen molar-refractivity contribution in [2.45, 2.75) is 38.6 Å². The second-order valence-electron chi connectivity index (χ2n) is 8.67. The summed E-state index contributed by atoms with van der Waals surface area (Å²) in [5.41, 5.74) is 2.00. The number of carbonyl (C=O) groups excluding carboxylic acids is 1. The molecule has 3 aliphatic rings. The first-order valence-electron chi connectivity index (χ1n) is 10.3. The summed E-state index contributed by atoms with van der Waals surface area (Å²) in [4.78, 5) is 19.6. The van der Waals surface area contributed by atoms with Crippen molar-refractivity contribution < 1.29 is 9.21 Å². The number of hydrogen-bond acceptors (Lipinski definition) is 5. The van der Waals surface area contributed by atoms with Crippen molar-refractivity contribution in [1.29, 1.82) is 5.26 Å². The van der Waals surface area contributed by atoms with Crippen LogP contribution in [-0.4, -0.2) is 27.2 Å². The van der Waals surface area contributed by atoms with Gasteiger partial charge in [-0.25, -0.2) is 0 Å². The fourth-order valence-corrected chi connectivity index (χ4v) is 4.79. The summed E-state index contributed by atoms with van der Waals surface area (Å²) in [6.45, 7) is 2.54. The Morgan fingerprint density at radius 3 is 2.86 bits per heavy atom. The molecule has 4 heterocycles. The lowest BCUT2D eigenvalue weighted by Crippen LogP contribution is -2.37. The van der Waals surface area contributed by atoms with Crippen LogP contribution < -0.4 is 4.90 Å². The Labute approximate surface area is 167 Å². The highest BCUT2D eigenvalue weighted by molar-refractivity contribution is 6.07. The smallest absolute Gasteiger partial charge is 0.248 e. The van der Waals surface area contributed by atoms with Gasteiger partial charge in [0.1, 0.15) is 16.7 Å². The largest absolute Gasteiger partial charge is 0.452 e. The van der Waals surface area contributed by atoms with Gasteiger partial charge < -0.3 is 9.32 Å². The number of fused-ring (bicyclic) bond motifs is 1. The number of aromatic nitrogens is 3. The van der Waals surface area contributed by atoms with E-state index in [1.807, 2.05) is 36.1 Å². The van der Waals surface area contributed by atoms with Crippen LogP contribution >= 0.6 is 0 Å². The first kappa shape index (κ1) is 16.8.